The second-order valence-electron chi connectivity index (χ2n) is 6.94. The Morgan fingerprint density at radius 1 is 0.655 bits per heavy atom. The highest BCUT2D eigenvalue weighted by atomic mass is 79.9. The second-order valence-corrected chi connectivity index (χ2v) is 6.94. The van der Waals surface area contributed by atoms with Gasteiger partial charge in [0.05, 0.1) is 36.0 Å². The summed E-state index contributed by atoms with van der Waals surface area (Å²) in [4.78, 5) is 2.18. The largest absolute Gasteiger partial charge is 1.00 e. The van der Waals surface area contributed by atoms with Crippen molar-refractivity contribution >= 4 is 10.8 Å². The highest BCUT2D eigenvalue weighted by Gasteiger charge is 2.41. The number of quaternary nitrogens is 1. The van der Waals surface area contributed by atoms with Gasteiger partial charge in [0.25, 0.3) is 0 Å². The first-order valence-electron chi connectivity index (χ1n) is 8.59. The van der Waals surface area contributed by atoms with Gasteiger partial charge in [-0.2, -0.15) is 0 Å². The third-order valence-corrected chi connectivity index (χ3v) is 5.59. The molecule has 162 valence electrons. The van der Waals surface area contributed by atoms with Crippen molar-refractivity contribution < 1.29 is 57.3 Å². The molecule has 5 rings (SSSR count). The lowest BCUT2D eigenvalue weighted by atomic mass is 10.0. The molecule has 2 aromatic carbocycles. The van der Waals surface area contributed by atoms with Crippen molar-refractivity contribution in [2.24, 2.45) is 0 Å². The molecule has 3 fully saturated rings. The van der Waals surface area contributed by atoms with Crippen molar-refractivity contribution in [3.63, 3.8) is 0 Å². The minimum absolute atomic E-state index is 0. The van der Waals surface area contributed by atoms with E-state index >= 15 is 0 Å². The number of hydrogen-bond acceptors (Lipinski definition) is 2. The first kappa shape index (κ1) is 23.8. The Labute approximate surface area is 172 Å². The van der Waals surface area contributed by atoms with E-state index in [1.807, 2.05) is 0 Å². The van der Waals surface area contributed by atoms with Crippen molar-refractivity contribution in [3.05, 3.63) is 46.3 Å². The number of nitrogens with zero attached hydrogens (tertiary/aromatic N) is 2. The predicted octanol–water partition coefficient (Wildman–Crippen LogP) is 0.0720. The molecule has 3 heterocycles. The predicted molar refractivity (Wildman–Crippen MR) is 86.8 cm³/mol. The monoisotopic (exact) mass is 490 g/mol. The molecule has 0 aromatic heterocycles. The van der Waals surface area contributed by atoms with E-state index in [0.717, 1.165) is 7.11 Å². The van der Waals surface area contributed by atoms with E-state index < -0.39 is 57.1 Å². The van der Waals surface area contributed by atoms with Crippen LogP contribution in [0.4, 0.5) is 30.7 Å². The molecule has 0 atom stereocenters. The van der Waals surface area contributed by atoms with E-state index in [-0.39, 0.29) is 28.0 Å². The summed E-state index contributed by atoms with van der Waals surface area (Å²) < 4.78 is 98.6. The number of halogens is 8. The zero-order chi connectivity index (χ0) is 20.8. The number of benzene rings is 2. The van der Waals surface area contributed by atoms with Crippen LogP contribution in [-0.2, 0) is 6.54 Å². The number of fused-ring (bicyclic) bond motifs is 4. The number of piperazine rings is 3. The normalized spacial score (nSPS) is 22.9. The van der Waals surface area contributed by atoms with Crippen LogP contribution in [0, 0.1) is 40.7 Å². The maximum Gasteiger partial charge on any atom is 0.198 e. The summed E-state index contributed by atoms with van der Waals surface area (Å²) in [5.74, 6) is -14.0. The van der Waals surface area contributed by atoms with Gasteiger partial charge in [-0.3, -0.25) is 4.90 Å². The Kier molecular flexibility index (Phi) is 7.19. The van der Waals surface area contributed by atoms with Gasteiger partial charge in [0.1, 0.15) is 12.4 Å². The van der Waals surface area contributed by atoms with Gasteiger partial charge in [0.2, 0.25) is 0 Å². The summed E-state index contributed by atoms with van der Waals surface area (Å²) in [6.07, 6.45) is 0. The lowest BCUT2D eigenvalue weighted by Gasteiger charge is -2.50. The van der Waals surface area contributed by atoms with Crippen LogP contribution in [0.3, 0.4) is 0 Å². The van der Waals surface area contributed by atoms with Gasteiger partial charge in [0.15, 0.2) is 34.9 Å². The maximum absolute atomic E-state index is 14.8. The molecular formula is C18H18BrF7N2O. The van der Waals surface area contributed by atoms with E-state index in [1.54, 1.807) is 0 Å². The van der Waals surface area contributed by atoms with Gasteiger partial charge < -0.3 is 26.6 Å². The summed E-state index contributed by atoms with van der Waals surface area (Å²) >= 11 is 0. The fourth-order valence-corrected chi connectivity index (χ4v) is 3.98. The summed E-state index contributed by atoms with van der Waals surface area (Å²) in [6, 6.07) is 0. The summed E-state index contributed by atoms with van der Waals surface area (Å²) in [5, 5.41) is 4.05. The SMILES string of the molecule is CO.Fc1c(F)c(F)c2c(F)c(C[N+]34CCN(CC3)CC4)c(F)c(F)c2c1F.[Br-]. The lowest BCUT2D eigenvalue weighted by Crippen LogP contribution is -3.00. The zero-order valence-electron chi connectivity index (χ0n) is 15.3. The highest BCUT2D eigenvalue weighted by Crippen LogP contribution is 2.36. The average Bonchev–Trinajstić information content (AvgIpc) is 2.73. The van der Waals surface area contributed by atoms with Crippen LogP contribution in [0.25, 0.3) is 10.8 Å². The Bertz CT molecular complexity index is 919. The molecule has 2 bridgehead atoms. The van der Waals surface area contributed by atoms with Gasteiger partial charge in [0, 0.05) is 26.7 Å². The maximum atomic E-state index is 14.8. The Morgan fingerprint density at radius 3 is 1.48 bits per heavy atom. The minimum Gasteiger partial charge on any atom is -1.00 e. The van der Waals surface area contributed by atoms with Gasteiger partial charge in [-0.25, -0.2) is 30.7 Å². The summed E-state index contributed by atoms with van der Waals surface area (Å²) in [7, 11) is 1.00. The van der Waals surface area contributed by atoms with Crippen LogP contribution in [0.5, 0.6) is 0 Å². The first-order valence-corrected chi connectivity index (χ1v) is 8.59. The summed E-state index contributed by atoms with van der Waals surface area (Å²) in [6.45, 7) is 3.60. The van der Waals surface area contributed by atoms with Crippen LogP contribution in [-0.4, -0.2) is 60.9 Å². The van der Waals surface area contributed by atoms with E-state index in [9.17, 15) is 30.7 Å². The van der Waals surface area contributed by atoms with Crippen LogP contribution < -0.4 is 17.0 Å². The van der Waals surface area contributed by atoms with Crippen molar-refractivity contribution in [1.29, 1.82) is 0 Å². The molecule has 2 aromatic rings. The number of aliphatic hydroxyl groups excluding tert-OH is 1. The molecule has 3 aliphatic heterocycles. The van der Waals surface area contributed by atoms with Crippen molar-refractivity contribution in [3.8, 4) is 0 Å². The minimum atomic E-state index is -2.31. The van der Waals surface area contributed by atoms with Gasteiger partial charge in [-0.1, -0.05) is 0 Å². The molecule has 11 heteroatoms. The second kappa shape index (κ2) is 8.75. The molecule has 3 saturated heterocycles. The lowest BCUT2D eigenvalue weighted by molar-refractivity contribution is -0.953. The van der Waals surface area contributed by atoms with Crippen molar-refractivity contribution in [2.75, 3.05) is 46.4 Å². The van der Waals surface area contributed by atoms with Crippen LogP contribution in [0.2, 0.25) is 0 Å². The van der Waals surface area contributed by atoms with Gasteiger partial charge in [-0.05, 0) is 0 Å². The molecule has 1 N–H and O–H groups in total. The summed E-state index contributed by atoms with van der Waals surface area (Å²) in [5.41, 5.74) is -0.769. The molecule has 0 aliphatic carbocycles. The fourth-order valence-electron chi connectivity index (χ4n) is 3.98. The smallest absolute Gasteiger partial charge is 0.198 e. The third kappa shape index (κ3) is 3.73. The first-order chi connectivity index (χ1) is 13.3. The molecule has 3 nitrogen and oxygen atoms in total. The van der Waals surface area contributed by atoms with Crippen LogP contribution in [0.1, 0.15) is 5.56 Å². The Hall–Kier alpha value is -1.43. The molecule has 0 saturated carbocycles. The number of rotatable bonds is 2. The highest BCUT2D eigenvalue weighted by molar-refractivity contribution is 5.86. The molecule has 29 heavy (non-hydrogen) atoms. The topological polar surface area (TPSA) is 23.5 Å². The average molecular weight is 491 g/mol. The van der Waals surface area contributed by atoms with E-state index in [4.69, 9.17) is 5.11 Å². The molecule has 0 amide bonds. The fraction of sp³-hybridized carbons (Fsp3) is 0.444. The Balaban J connectivity index is 0.000000970. The quantitative estimate of drug-likeness (QED) is 0.279. The standard InChI is InChI=1S/C17H14F7N2.CH4O.BrH/c18-11-8(7-26-4-1-25(2-5-26)3-6-26)12(19)13(20)10-9(11)14(21)16(23)17(24)15(10)22;1-2;/h1-7H2;2H,1H3;1H/q+1;;/p-1. The Morgan fingerprint density at radius 2 is 1.03 bits per heavy atom. The molecule has 0 spiro atoms. The molecule has 0 unspecified atom stereocenters. The van der Waals surface area contributed by atoms with Gasteiger partial charge in [-0.15, -0.1) is 0 Å². The van der Waals surface area contributed by atoms with Gasteiger partial charge >= 0.3 is 0 Å². The number of hydrogen-bond donors (Lipinski definition) is 1. The number of aliphatic hydroxyl groups is 1. The van der Waals surface area contributed by atoms with Crippen molar-refractivity contribution in [2.45, 2.75) is 6.54 Å². The van der Waals surface area contributed by atoms with E-state index in [0.29, 0.717) is 39.3 Å². The zero-order valence-corrected chi connectivity index (χ0v) is 16.9. The molecule has 0 radical (unpaired) electrons. The third-order valence-electron chi connectivity index (χ3n) is 5.59. The van der Waals surface area contributed by atoms with Crippen molar-refractivity contribution in [1.82, 2.24) is 4.90 Å². The van der Waals surface area contributed by atoms with Crippen LogP contribution >= 0.6 is 0 Å². The van der Waals surface area contributed by atoms with E-state index in [1.165, 1.54) is 0 Å². The molecular weight excluding hydrogens is 473 g/mol. The van der Waals surface area contributed by atoms with E-state index in [2.05, 4.69) is 4.90 Å². The van der Waals surface area contributed by atoms with Crippen LogP contribution in [0.15, 0.2) is 0 Å². The molecule has 3 aliphatic rings.